The van der Waals surface area contributed by atoms with Gasteiger partial charge in [0, 0.05) is 10.7 Å². The summed E-state index contributed by atoms with van der Waals surface area (Å²) < 4.78 is 21.6. The molecule has 0 spiro atoms. The van der Waals surface area contributed by atoms with Crippen molar-refractivity contribution in [2.45, 2.75) is 135 Å². The Labute approximate surface area is 169 Å². The van der Waals surface area contributed by atoms with Crippen molar-refractivity contribution in [3.8, 4) is 0 Å². The molecule has 0 aromatic heterocycles. The molecule has 0 N–H and O–H groups in total. The summed E-state index contributed by atoms with van der Waals surface area (Å²) in [7, 11) is 1.92. The molecule has 0 aliphatic rings. The fourth-order valence-corrected chi connectivity index (χ4v) is 4.41. The summed E-state index contributed by atoms with van der Waals surface area (Å²) in [6.45, 7) is 2.28. The minimum absolute atomic E-state index is 0.132. The van der Waals surface area contributed by atoms with Gasteiger partial charge in [0.15, 0.2) is 0 Å². The summed E-state index contributed by atoms with van der Waals surface area (Å²) in [6.07, 6.45) is 26.6. The van der Waals surface area contributed by atoms with Gasteiger partial charge in [-0.25, -0.2) is 8.42 Å². The van der Waals surface area contributed by atoms with Crippen molar-refractivity contribution < 1.29 is 8.42 Å². The largest absolute Gasteiger partial charge is 0.232 e. The third-order valence-electron chi connectivity index (χ3n) is 5.24. The van der Waals surface area contributed by atoms with E-state index in [1.807, 2.05) is 0 Å². The molecular formula is C22H45ClO2S. The topological polar surface area (TPSA) is 34.1 Å². The molecule has 0 aliphatic carbocycles. The highest BCUT2D eigenvalue weighted by Crippen LogP contribution is 2.15. The SMILES string of the molecule is CCCCCCCCCCCCCCCCCCCCCCS(=O)(=O)Cl. The molecule has 0 bridgehead atoms. The molecule has 26 heavy (non-hydrogen) atoms. The van der Waals surface area contributed by atoms with E-state index >= 15 is 0 Å². The minimum atomic E-state index is -3.28. The molecule has 0 fully saturated rings. The van der Waals surface area contributed by atoms with Gasteiger partial charge in [0.05, 0.1) is 5.75 Å². The Morgan fingerprint density at radius 1 is 0.462 bits per heavy atom. The van der Waals surface area contributed by atoms with Crippen LogP contribution >= 0.6 is 10.7 Å². The quantitative estimate of drug-likeness (QED) is 0.141. The number of rotatable bonds is 21. The molecule has 0 amide bonds. The van der Waals surface area contributed by atoms with E-state index in [-0.39, 0.29) is 5.75 Å². The lowest BCUT2D eigenvalue weighted by Gasteiger charge is -2.04. The van der Waals surface area contributed by atoms with Gasteiger partial charge in [-0.15, -0.1) is 0 Å². The first-order valence-corrected chi connectivity index (χ1v) is 14.0. The van der Waals surface area contributed by atoms with Crippen LogP contribution in [0.3, 0.4) is 0 Å². The molecule has 0 unspecified atom stereocenters. The Hall–Kier alpha value is 0.240. The van der Waals surface area contributed by atoms with Crippen molar-refractivity contribution in [1.29, 1.82) is 0 Å². The van der Waals surface area contributed by atoms with Gasteiger partial charge in [0.25, 0.3) is 0 Å². The second-order valence-corrected chi connectivity index (χ2v) is 10.9. The number of halogens is 1. The van der Waals surface area contributed by atoms with Crippen LogP contribution in [0.25, 0.3) is 0 Å². The molecule has 158 valence electrons. The van der Waals surface area contributed by atoms with Crippen LogP contribution in [-0.4, -0.2) is 14.2 Å². The first-order valence-electron chi connectivity index (χ1n) is 11.5. The maximum atomic E-state index is 10.8. The molecule has 2 nitrogen and oxygen atoms in total. The molecule has 0 atom stereocenters. The summed E-state index contributed by atoms with van der Waals surface area (Å²) in [6, 6.07) is 0. The van der Waals surface area contributed by atoms with Gasteiger partial charge in [0.2, 0.25) is 9.05 Å². The zero-order valence-electron chi connectivity index (χ0n) is 17.5. The van der Waals surface area contributed by atoms with E-state index in [1.54, 1.807) is 0 Å². The van der Waals surface area contributed by atoms with Crippen molar-refractivity contribution >= 4 is 19.7 Å². The van der Waals surface area contributed by atoms with Crippen LogP contribution in [-0.2, 0) is 9.05 Å². The van der Waals surface area contributed by atoms with Crippen LogP contribution in [0.2, 0.25) is 0 Å². The number of hydrogen-bond acceptors (Lipinski definition) is 2. The van der Waals surface area contributed by atoms with Gasteiger partial charge in [-0.3, -0.25) is 0 Å². The smallest absolute Gasteiger partial charge is 0.212 e. The zero-order chi connectivity index (χ0) is 19.3. The van der Waals surface area contributed by atoms with Crippen molar-refractivity contribution in [2.24, 2.45) is 0 Å². The summed E-state index contributed by atoms with van der Waals surface area (Å²) in [4.78, 5) is 0. The van der Waals surface area contributed by atoms with E-state index in [4.69, 9.17) is 10.7 Å². The Bertz CT molecular complexity index is 368. The third kappa shape index (κ3) is 24.2. The first kappa shape index (κ1) is 26.2. The molecule has 4 heteroatoms. The van der Waals surface area contributed by atoms with Crippen LogP contribution in [0.15, 0.2) is 0 Å². The lowest BCUT2D eigenvalue weighted by molar-refractivity contribution is 0.522. The normalized spacial score (nSPS) is 11.9. The predicted octanol–water partition coefficient (Wildman–Crippen LogP) is 8.38. The minimum Gasteiger partial charge on any atom is -0.212 e. The van der Waals surface area contributed by atoms with E-state index in [0.717, 1.165) is 12.8 Å². The fourth-order valence-electron chi connectivity index (χ4n) is 3.53. The third-order valence-corrected chi connectivity index (χ3v) is 6.48. The van der Waals surface area contributed by atoms with Gasteiger partial charge in [-0.05, 0) is 6.42 Å². The number of unbranched alkanes of at least 4 members (excludes halogenated alkanes) is 19. The standard InChI is InChI=1S/C22H45ClO2S/c1-2-3-4-5-6-7-8-9-10-11-12-13-14-15-16-17-18-19-20-21-22-26(23,24)25/h2-22H2,1H3. The fraction of sp³-hybridized carbons (Fsp3) is 1.00. The van der Waals surface area contributed by atoms with Crippen molar-refractivity contribution in [2.75, 3.05) is 5.75 Å². The highest BCUT2D eigenvalue weighted by Gasteiger charge is 2.03. The van der Waals surface area contributed by atoms with Gasteiger partial charge in [-0.2, -0.15) is 0 Å². The summed E-state index contributed by atoms with van der Waals surface area (Å²) in [5.74, 6) is 0.132. The lowest BCUT2D eigenvalue weighted by atomic mass is 10.0. The van der Waals surface area contributed by atoms with E-state index in [1.165, 1.54) is 109 Å². The molecule has 0 saturated carbocycles. The monoisotopic (exact) mass is 408 g/mol. The lowest BCUT2D eigenvalue weighted by Crippen LogP contribution is -1.96. The Kier molecular flexibility index (Phi) is 20.2. The average Bonchev–Trinajstić information content (AvgIpc) is 2.59. The molecule has 0 radical (unpaired) electrons. The van der Waals surface area contributed by atoms with Crippen LogP contribution in [0.5, 0.6) is 0 Å². The second kappa shape index (κ2) is 20.0. The summed E-state index contributed by atoms with van der Waals surface area (Å²) >= 11 is 0. The van der Waals surface area contributed by atoms with E-state index in [0.29, 0.717) is 6.42 Å². The van der Waals surface area contributed by atoms with E-state index in [2.05, 4.69) is 6.92 Å². The van der Waals surface area contributed by atoms with Gasteiger partial charge >= 0.3 is 0 Å². The zero-order valence-corrected chi connectivity index (χ0v) is 19.0. The summed E-state index contributed by atoms with van der Waals surface area (Å²) in [5, 5.41) is 0. The second-order valence-electron chi connectivity index (χ2n) is 7.96. The molecule has 0 heterocycles. The van der Waals surface area contributed by atoms with Crippen molar-refractivity contribution in [3.05, 3.63) is 0 Å². The molecule has 0 aromatic rings. The molecule has 0 aliphatic heterocycles. The van der Waals surface area contributed by atoms with Crippen LogP contribution < -0.4 is 0 Å². The van der Waals surface area contributed by atoms with Gasteiger partial charge < -0.3 is 0 Å². The maximum absolute atomic E-state index is 10.8. The van der Waals surface area contributed by atoms with Crippen molar-refractivity contribution in [1.82, 2.24) is 0 Å². The average molecular weight is 409 g/mol. The number of hydrogen-bond donors (Lipinski definition) is 0. The van der Waals surface area contributed by atoms with Crippen molar-refractivity contribution in [3.63, 3.8) is 0 Å². The first-order chi connectivity index (χ1) is 12.6. The van der Waals surface area contributed by atoms with E-state index < -0.39 is 9.05 Å². The van der Waals surface area contributed by atoms with Crippen LogP contribution in [0.1, 0.15) is 135 Å². The Morgan fingerprint density at radius 2 is 0.692 bits per heavy atom. The Balaban J connectivity index is 3.03. The predicted molar refractivity (Wildman–Crippen MR) is 118 cm³/mol. The molecular weight excluding hydrogens is 364 g/mol. The van der Waals surface area contributed by atoms with Crippen LogP contribution in [0.4, 0.5) is 0 Å². The molecule has 0 rings (SSSR count). The molecule has 0 saturated heterocycles. The van der Waals surface area contributed by atoms with Crippen LogP contribution in [0, 0.1) is 0 Å². The molecule has 0 aromatic carbocycles. The highest BCUT2D eigenvalue weighted by molar-refractivity contribution is 8.13. The van der Waals surface area contributed by atoms with Gasteiger partial charge in [0.1, 0.15) is 0 Å². The highest BCUT2D eigenvalue weighted by atomic mass is 35.7. The van der Waals surface area contributed by atoms with E-state index in [9.17, 15) is 8.42 Å². The van der Waals surface area contributed by atoms with Gasteiger partial charge in [-0.1, -0.05) is 129 Å². The maximum Gasteiger partial charge on any atom is 0.232 e. The Morgan fingerprint density at radius 3 is 0.923 bits per heavy atom. The summed E-state index contributed by atoms with van der Waals surface area (Å²) in [5.41, 5.74) is 0.